The molecule has 1 atom stereocenters. The highest BCUT2D eigenvalue weighted by molar-refractivity contribution is 7.89. The zero-order valence-electron chi connectivity index (χ0n) is 15.8. The maximum Gasteiger partial charge on any atom is 0.240 e. The fourth-order valence-electron chi connectivity index (χ4n) is 3.46. The quantitative estimate of drug-likeness (QED) is 0.819. The van der Waals surface area contributed by atoms with Gasteiger partial charge in [0.05, 0.1) is 4.90 Å². The molecule has 1 aliphatic heterocycles. The Balaban J connectivity index is 1.59. The number of nitrogens with zero attached hydrogens (tertiary/aromatic N) is 1. The number of fused-ring (bicyclic) bond motifs is 1. The number of likely N-dealkylation sites (tertiary alicyclic amines) is 1. The molecule has 0 saturated carbocycles. The van der Waals surface area contributed by atoms with Gasteiger partial charge in [0.25, 0.3) is 0 Å². The Labute approximate surface area is 160 Å². The van der Waals surface area contributed by atoms with Gasteiger partial charge in [-0.3, -0.25) is 4.79 Å². The number of amides is 1. The Morgan fingerprint density at radius 2 is 1.93 bits per heavy atom. The molecule has 1 fully saturated rings. The lowest BCUT2D eigenvalue weighted by molar-refractivity contribution is -0.134. The summed E-state index contributed by atoms with van der Waals surface area (Å²) in [6.07, 6.45) is 0.902. The van der Waals surface area contributed by atoms with Crippen LogP contribution in [0, 0.1) is 5.41 Å². The maximum atomic E-state index is 12.5. The second-order valence-corrected chi connectivity index (χ2v) is 9.62. The Morgan fingerprint density at radius 3 is 2.63 bits per heavy atom. The molecule has 3 N–H and O–H groups in total. The van der Waals surface area contributed by atoms with Gasteiger partial charge in [-0.15, -0.1) is 0 Å². The molecule has 1 saturated heterocycles. The molecule has 0 radical (unpaired) electrons. The molecule has 146 valence electrons. The summed E-state index contributed by atoms with van der Waals surface area (Å²) in [5.41, 5.74) is 5.98. The molecule has 0 aliphatic carbocycles. The van der Waals surface area contributed by atoms with Crippen molar-refractivity contribution in [1.29, 1.82) is 0 Å². The molecule has 0 bridgehead atoms. The minimum absolute atomic E-state index is 0.0452. The Bertz CT molecular complexity index is 940. The van der Waals surface area contributed by atoms with Gasteiger partial charge >= 0.3 is 0 Å². The van der Waals surface area contributed by atoms with E-state index in [-0.39, 0.29) is 35.2 Å². The number of carbonyl (C=O) groups excluding carboxylic acids is 1. The van der Waals surface area contributed by atoms with E-state index in [9.17, 15) is 13.2 Å². The number of hydrogen-bond acceptors (Lipinski definition) is 4. The van der Waals surface area contributed by atoms with Crippen LogP contribution < -0.4 is 10.5 Å². The second-order valence-electron chi connectivity index (χ2n) is 7.86. The number of carbonyl (C=O) groups is 1. The minimum Gasteiger partial charge on any atom is -0.342 e. The van der Waals surface area contributed by atoms with Crippen LogP contribution >= 0.6 is 0 Å². The number of benzene rings is 2. The third kappa shape index (κ3) is 4.48. The first-order valence-corrected chi connectivity index (χ1v) is 10.7. The van der Waals surface area contributed by atoms with Gasteiger partial charge in [0.1, 0.15) is 0 Å². The van der Waals surface area contributed by atoms with Gasteiger partial charge in [0.15, 0.2) is 0 Å². The molecular weight excluding hydrogens is 362 g/mol. The summed E-state index contributed by atoms with van der Waals surface area (Å²) in [7, 11) is -3.65. The summed E-state index contributed by atoms with van der Waals surface area (Å²) in [5, 5.41) is 1.85. The third-order valence-corrected chi connectivity index (χ3v) is 6.79. The molecule has 1 unspecified atom stereocenters. The number of piperidine rings is 1. The van der Waals surface area contributed by atoms with Gasteiger partial charge in [0.2, 0.25) is 15.9 Å². The second kappa shape index (κ2) is 7.58. The molecule has 2 aromatic carbocycles. The molecule has 6 nitrogen and oxygen atoms in total. The van der Waals surface area contributed by atoms with Crippen molar-refractivity contribution in [2.24, 2.45) is 11.1 Å². The van der Waals surface area contributed by atoms with Gasteiger partial charge < -0.3 is 10.6 Å². The first-order chi connectivity index (χ1) is 12.7. The zero-order valence-corrected chi connectivity index (χ0v) is 16.6. The van der Waals surface area contributed by atoms with Gasteiger partial charge in [-0.05, 0) is 34.7 Å². The van der Waals surface area contributed by atoms with E-state index in [1.165, 1.54) is 0 Å². The Hall–Kier alpha value is -1.96. The van der Waals surface area contributed by atoms with E-state index >= 15 is 0 Å². The summed E-state index contributed by atoms with van der Waals surface area (Å²) >= 11 is 0. The van der Waals surface area contributed by atoms with Crippen LogP contribution in [0.15, 0.2) is 47.4 Å². The molecule has 1 aliphatic rings. The molecule has 3 rings (SSSR count). The molecule has 0 aromatic heterocycles. The van der Waals surface area contributed by atoms with Crippen LogP contribution in [0.1, 0.15) is 26.7 Å². The van der Waals surface area contributed by atoms with E-state index < -0.39 is 10.0 Å². The highest BCUT2D eigenvalue weighted by Gasteiger charge is 2.35. The van der Waals surface area contributed by atoms with Crippen molar-refractivity contribution in [3.05, 3.63) is 42.5 Å². The largest absolute Gasteiger partial charge is 0.342 e. The number of nitrogens with one attached hydrogen (secondary N) is 1. The number of hydrogen-bond donors (Lipinski definition) is 2. The predicted octanol–water partition coefficient (Wildman–Crippen LogP) is 2.09. The summed E-state index contributed by atoms with van der Waals surface area (Å²) in [4.78, 5) is 14.4. The smallest absolute Gasteiger partial charge is 0.240 e. The van der Waals surface area contributed by atoms with E-state index in [4.69, 9.17) is 5.73 Å². The van der Waals surface area contributed by atoms with Crippen molar-refractivity contribution in [3.63, 3.8) is 0 Å². The van der Waals surface area contributed by atoms with E-state index in [0.29, 0.717) is 13.1 Å². The average molecular weight is 390 g/mol. The first-order valence-electron chi connectivity index (χ1n) is 9.21. The van der Waals surface area contributed by atoms with Gasteiger partial charge in [0, 0.05) is 32.1 Å². The van der Waals surface area contributed by atoms with Crippen molar-refractivity contribution in [2.75, 3.05) is 19.6 Å². The van der Waals surface area contributed by atoms with Gasteiger partial charge in [-0.1, -0.05) is 44.2 Å². The van der Waals surface area contributed by atoms with E-state index in [2.05, 4.69) is 18.6 Å². The van der Waals surface area contributed by atoms with Crippen LogP contribution in [0.2, 0.25) is 0 Å². The molecular formula is C20H27N3O3S. The van der Waals surface area contributed by atoms with Crippen LogP contribution in [0.25, 0.3) is 10.8 Å². The normalized spacial score (nSPS) is 20.0. The minimum atomic E-state index is -3.65. The maximum absolute atomic E-state index is 12.5. The first kappa shape index (κ1) is 19.8. The van der Waals surface area contributed by atoms with Crippen LogP contribution in [0.4, 0.5) is 0 Å². The van der Waals surface area contributed by atoms with Crippen LogP contribution in [-0.2, 0) is 14.8 Å². The zero-order chi connectivity index (χ0) is 19.7. The lowest BCUT2D eigenvalue weighted by Crippen LogP contribution is -2.54. The lowest BCUT2D eigenvalue weighted by atomic mass is 9.79. The molecule has 1 heterocycles. The Kier molecular flexibility index (Phi) is 5.55. The molecule has 0 spiro atoms. The summed E-state index contributed by atoms with van der Waals surface area (Å²) in [6.45, 7) is 5.42. The van der Waals surface area contributed by atoms with Crippen molar-refractivity contribution in [2.45, 2.75) is 37.6 Å². The summed E-state index contributed by atoms with van der Waals surface area (Å²) in [6, 6.07) is 12.7. The molecule has 1 amide bonds. The molecule has 2 aromatic rings. The lowest BCUT2D eigenvalue weighted by Gasteiger charge is -2.42. The van der Waals surface area contributed by atoms with Crippen LogP contribution in [-0.4, -0.2) is 44.9 Å². The highest BCUT2D eigenvalue weighted by atomic mass is 32.2. The SMILES string of the molecule is CC1(C)CN(C(=O)CCNS(=O)(=O)c2ccc3ccccc3c2)CCC1N. The molecule has 27 heavy (non-hydrogen) atoms. The van der Waals surface area contributed by atoms with Crippen molar-refractivity contribution in [3.8, 4) is 0 Å². The van der Waals surface area contributed by atoms with E-state index in [1.54, 1.807) is 23.1 Å². The van der Waals surface area contributed by atoms with Crippen LogP contribution in [0.5, 0.6) is 0 Å². The fraction of sp³-hybridized carbons (Fsp3) is 0.450. The van der Waals surface area contributed by atoms with E-state index in [0.717, 1.165) is 17.2 Å². The van der Waals surface area contributed by atoms with Crippen molar-refractivity contribution in [1.82, 2.24) is 9.62 Å². The Morgan fingerprint density at radius 1 is 1.22 bits per heavy atom. The molecule has 7 heteroatoms. The van der Waals surface area contributed by atoms with E-state index in [1.807, 2.05) is 24.3 Å². The highest BCUT2D eigenvalue weighted by Crippen LogP contribution is 2.28. The predicted molar refractivity (Wildman–Crippen MR) is 107 cm³/mol. The summed E-state index contributed by atoms with van der Waals surface area (Å²) in [5.74, 6) is -0.0452. The number of nitrogens with two attached hydrogens (primary N) is 1. The average Bonchev–Trinajstić information content (AvgIpc) is 2.63. The van der Waals surface area contributed by atoms with Gasteiger partial charge in [-0.25, -0.2) is 13.1 Å². The topological polar surface area (TPSA) is 92.5 Å². The van der Waals surface area contributed by atoms with Crippen LogP contribution in [0.3, 0.4) is 0 Å². The standard InChI is InChI=1S/C20H27N3O3S/c1-20(2)14-23(12-10-18(20)21)19(24)9-11-22-27(25,26)17-8-7-15-5-3-4-6-16(15)13-17/h3-8,13,18,22H,9-12,14,21H2,1-2H3. The van der Waals surface area contributed by atoms with Gasteiger partial charge in [-0.2, -0.15) is 0 Å². The van der Waals surface area contributed by atoms with Crippen molar-refractivity contribution < 1.29 is 13.2 Å². The number of rotatable bonds is 5. The third-order valence-electron chi connectivity index (χ3n) is 5.33. The van der Waals surface area contributed by atoms with Crippen molar-refractivity contribution >= 4 is 26.7 Å². The monoisotopic (exact) mass is 389 g/mol. The number of sulfonamides is 1. The summed E-state index contributed by atoms with van der Waals surface area (Å²) < 4.78 is 27.6. The fourth-order valence-corrected chi connectivity index (χ4v) is 4.52.